The molecule has 1 aliphatic heterocycles. The Morgan fingerprint density at radius 2 is 1.84 bits per heavy atom. The summed E-state index contributed by atoms with van der Waals surface area (Å²) >= 11 is 0. The van der Waals surface area contributed by atoms with E-state index in [2.05, 4.69) is 52.0 Å². The first-order valence-electron chi connectivity index (χ1n) is 13.2. The summed E-state index contributed by atoms with van der Waals surface area (Å²) in [4.78, 5) is 16.5. The van der Waals surface area contributed by atoms with Crippen LogP contribution in [0.4, 0.5) is 0 Å². The largest absolute Gasteiger partial charge is 0.393 e. The van der Waals surface area contributed by atoms with Gasteiger partial charge in [-0.25, -0.2) is 0 Å². The first-order valence-corrected chi connectivity index (χ1v) is 13.2. The maximum absolute atomic E-state index is 14.3. The van der Waals surface area contributed by atoms with Crippen LogP contribution in [0.5, 0.6) is 0 Å². The fraction of sp³-hybridized carbons (Fsp3) is 0.963. The summed E-state index contributed by atoms with van der Waals surface area (Å²) in [7, 11) is 4.23. The van der Waals surface area contributed by atoms with Gasteiger partial charge in [0.1, 0.15) is 5.78 Å². The second-order valence-corrected chi connectivity index (χ2v) is 13.7. The molecule has 0 aromatic rings. The zero-order valence-electron chi connectivity index (χ0n) is 21.0. The van der Waals surface area contributed by atoms with Crippen molar-refractivity contribution in [2.24, 2.45) is 44.8 Å². The third-order valence-corrected chi connectivity index (χ3v) is 12.9. The van der Waals surface area contributed by atoms with Gasteiger partial charge in [-0.3, -0.25) is 10.1 Å². The van der Waals surface area contributed by atoms with Gasteiger partial charge in [-0.15, -0.1) is 0 Å². The van der Waals surface area contributed by atoms with Crippen LogP contribution in [0.15, 0.2) is 0 Å². The number of ether oxygens (including phenoxy) is 1. The lowest BCUT2D eigenvalue weighted by atomic mass is 9.41. The maximum Gasteiger partial charge on any atom is 0.140 e. The van der Waals surface area contributed by atoms with Crippen molar-refractivity contribution in [1.29, 1.82) is 0 Å². The van der Waals surface area contributed by atoms with Crippen molar-refractivity contribution in [3.8, 4) is 0 Å². The predicted octanol–water partition coefficient (Wildman–Crippen LogP) is 3.45. The Labute approximate surface area is 194 Å². The molecule has 5 aliphatic carbocycles. The quantitative estimate of drug-likeness (QED) is 0.683. The van der Waals surface area contributed by atoms with Crippen LogP contribution in [0, 0.1) is 44.8 Å². The lowest BCUT2D eigenvalue weighted by Crippen LogP contribution is -2.65. The number of fused-ring (bicyclic) bond motifs is 4. The number of aliphatic hydroxyl groups excluding tert-OH is 1. The molecule has 0 bridgehead atoms. The van der Waals surface area contributed by atoms with E-state index >= 15 is 0 Å². The van der Waals surface area contributed by atoms with Crippen molar-refractivity contribution in [3.63, 3.8) is 0 Å². The van der Waals surface area contributed by atoms with Crippen LogP contribution in [0.3, 0.4) is 0 Å². The predicted molar refractivity (Wildman–Crippen MR) is 124 cm³/mol. The van der Waals surface area contributed by atoms with Crippen LogP contribution in [-0.2, 0) is 9.53 Å². The van der Waals surface area contributed by atoms with Crippen molar-refractivity contribution < 1.29 is 14.6 Å². The van der Waals surface area contributed by atoms with Gasteiger partial charge in [0.15, 0.2) is 0 Å². The van der Waals surface area contributed by atoms with Crippen LogP contribution in [0.25, 0.3) is 0 Å². The molecule has 2 N–H and O–H groups in total. The molecule has 5 nitrogen and oxygen atoms in total. The number of carbonyl (C=O) groups is 1. The number of rotatable bonds is 2. The third-order valence-electron chi connectivity index (χ3n) is 12.9. The minimum absolute atomic E-state index is 0.0306. The van der Waals surface area contributed by atoms with Crippen molar-refractivity contribution >= 4 is 5.78 Å². The zero-order valence-corrected chi connectivity index (χ0v) is 21.0. The minimum Gasteiger partial charge on any atom is -0.393 e. The summed E-state index contributed by atoms with van der Waals surface area (Å²) < 4.78 is 5.96. The topological polar surface area (TPSA) is 61.8 Å². The number of aliphatic hydroxyl groups is 1. The summed E-state index contributed by atoms with van der Waals surface area (Å²) in [6.45, 7) is 11.0. The van der Waals surface area contributed by atoms with Gasteiger partial charge in [0.25, 0.3) is 0 Å². The molecular formula is C27H44N2O3. The highest BCUT2D eigenvalue weighted by Gasteiger charge is 2.86. The molecule has 6 fully saturated rings. The van der Waals surface area contributed by atoms with E-state index in [4.69, 9.17) is 4.74 Å². The average Bonchev–Trinajstić information content (AvgIpc) is 3.36. The van der Waals surface area contributed by atoms with Crippen LogP contribution in [-0.4, -0.2) is 61.4 Å². The van der Waals surface area contributed by atoms with Crippen molar-refractivity contribution in [2.45, 2.75) is 90.8 Å². The number of nitrogens with one attached hydrogen (secondary N) is 1. The number of Topliss-reactive ketones (excluding diaryl/α,β-unsaturated/α-hetero) is 1. The van der Waals surface area contributed by atoms with E-state index in [-0.39, 0.29) is 45.1 Å². The fourth-order valence-electron chi connectivity index (χ4n) is 11.2. The van der Waals surface area contributed by atoms with Gasteiger partial charge in [-0.1, -0.05) is 20.8 Å². The zero-order chi connectivity index (χ0) is 22.9. The summed E-state index contributed by atoms with van der Waals surface area (Å²) in [5.74, 6) is 1.70. The lowest BCUT2D eigenvalue weighted by Gasteiger charge is -2.63. The Morgan fingerprint density at radius 3 is 2.56 bits per heavy atom. The van der Waals surface area contributed by atoms with E-state index in [1.807, 2.05) is 0 Å². The van der Waals surface area contributed by atoms with Crippen LogP contribution < -0.4 is 5.32 Å². The average molecular weight is 445 g/mol. The molecule has 0 aromatic carbocycles. The molecule has 0 amide bonds. The standard InChI is InChI=1S/C27H44N2O3/c1-16(29(5)6)22-17(30)11-24(3)19-8-7-18-23(2)14-32-15-28-20(23)9-10-26(18)13-27(19,26)21(31)12-25(22,24)4/h16-20,22,28,30H,7-15H2,1-6H3/t16?,17-,18?,19?,20+,22+,23+,24+,25-,26?,27?/m1/s1. The molecule has 11 atom stereocenters. The van der Waals surface area contributed by atoms with Gasteiger partial charge in [0, 0.05) is 35.3 Å². The molecule has 0 radical (unpaired) electrons. The normalized spacial score (nSPS) is 59.5. The van der Waals surface area contributed by atoms with E-state index in [0.29, 0.717) is 36.8 Å². The molecule has 1 heterocycles. The van der Waals surface area contributed by atoms with Gasteiger partial charge in [-0.2, -0.15) is 0 Å². The van der Waals surface area contributed by atoms with Gasteiger partial charge in [-0.05, 0) is 87.6 Å². The fourth-order valence-corrected chi connectivity index (χ4v) is 11.2. The molecule has 5 unspecified atom stereocenters. The molecule has 2 spiro atoms. The highest BCUT2D eigenvalue weighted by Crippen LogP contribution is 2.88. The van der Waals surface area contributed by atoms with Crippen LogP contribution in [0.2, 0.25) is 0 Å². The Hall–Kier alpha value is -0.490. The molecule has 5 heteroatoms. The maximum atomic E-state index is 14.3. The number of carbonyl (C=O) groups excluding carboxylic acids is 1. The number of ketones is 1. The second-order valence-electron chi connectivity index (χ2n) is 13.7. The smallest absolute Gasteiger partial charge is 0.140 e. The highest BCUT2D eigenvalue weighted by molar-refractivity contribution is 5.92. The molecule has 6 aliphatic rings. The molecule has 5 saturated carbocycles. The Bertz CT molecular complexity index is 847. The van der Waals surface area contributed by atoms with Crippen molar-refractivity contribution in [1.82, 2.24) is 10.2 Å². The summed E-state index contributed by atoms with van der Waals surface area (Å²) in [6, 6.07) is 0.794. The van der Waals surface area contributed by atoms with Crippen molar-refractivity contribution in [3.05, 3.63) is 0 Å². The van der Waals surface area contributed by atoms with Crippen LogP contribution >= 0.6 is 0 Å². The Morgan fingerprint density at radius 1 is 1.12 bits per heavy atom. The van der Waals surface area contributed by atoms with E-state index in [9.17, 15) is 9.90 Å². The summed E-state index contributed by atoms with van der Waals surface area (Å²) in [5.41, 5.74) is 0.0932. The van der Waals surface area contributed by atoms with E-state index < -0.39 is 0 Å². The lowest BCUT2D eigenvalue weighted by molar-refractivity contribution is -0.181. The summed E-state index contributed by atoms with van der Waals surface area (Å²) in [6.07, 6.45) is 7.03. The van der Waals surface area contributed by atoms with E-state index in [0.717, 1.165) is 25.9 Å². The molecule has 180 valence electrons. The van der Waals surface area contributed by atoms with E-state index in [1.54, 1.807) is 0 Å². The molecular weight excluding hydrogens is 400 g/mol. The molecule has 0 aromatic heterocycles. The molecule has 32 heavy (non-hydrogen) atoms. The Kier molecular flexibility index (Phi) is 4.39. The number of hydrogen-bond donors (Lipinski definition) is 2. The van der Waals surface area contributed by atoms with Gasteiger partial charge < -0.3 is 14.7 Å². The SMILES string of the molecule is CC([C@H]1[C@H](O)C[C@@]2(C)C3CCC4C5(CC[C@@H]6NCOC[C@@]46C)CC35C(=O)C[C@]12C)N(C)C. The number of hydrogen-bond acceptors (Lipinski definition) is 5. The monoisotopic (exact) mass is 444 g/mol. The van der Waals surface area contributed by atoms with Gasteiger partial charge >= 0.3 is 0 Å². The van der Waals surface area contributed by atoms with Crippen LogP contribution in [0.1, 0.15) is 72.6 Å². The number of nitrogens with zero attached hydrogens (tertiary/aromatic N) is 1. The first-order chi connectivity index (χ1) is 15.0. The second kappa shape index (κ2) is 6.38. The molecule has 6 rings (SSSR count). The first kappa shape index (κ1) is 22.0. The summed E-state index contributed by atoms with van der Waals surface area (Å²) in [5, 5.41) is 15.1. The van der Waals surface area contributed by atoms with Gasteiger partial charge in [0.05, 0.1) is 19.4 Å². The van der Waals surface area contributed by atoms with Gasteiger partial charge in [0.2, 0.25) is 0 Å². The van der Waals surface area contributed by atoms with E-state index in [1.165, 1.54) is 19.3 Å². The third kappa shape index (κ3) is 2.20. The Balaban J connectivity index is 1.41. The van der Waals surface area contributed by atoms with Crippen molar-refractivity contribution in [2.75, 3.05) is 27.4 Å². The highest BCUT2D eigenvalue weighted by atomic mass is 16.5. The molecule has 1 saturated heterocycles. The minimum atomic E-state index is -0.318.